The van der Waals surface area contributed by atoms with E-state index in [2.05, 4.69) is 16.0 Å². The first-order valence-corrected chi connectivity index (χ1v) is 3.04. The molecule has 0 amide bonds. The van der Waals surface area contributed by atoms with E-state index in [-0.39, 0.29) is 0 Å². The van der Waals surface area contributed by atoms with Gasteiger partial charge in [-0.05, 0) is 6.92 Å². The van der Waals surface area contributed by atoms with Gasteiger partial charge in [0, 0.05) is 24.7 Å². The molecule has 2 aromatic rings. The third-order valence-electron chi connectivity index (χ3n) is 1.30. The van der Waals surface area contributed by atoms with Crippen molar-refractivity contribution in [3.05, 3.63) is 30.4 Å². The minimum absolute atomic E-state index is 0.733. The van der Waals surface area contributed by atoms with Crippen molar-refractivity contribution in [3.63, 3.8) is 0 Å². The number of imidazole rings is 1. The average molecular weight is 132 g/mol. The zero-order valence-corrected chi connectivity index (χ0v) is 5.57. The lowest BCUT2D eigenvalue weighted by Gasteiger charge is -1.85. The molecule has 0 N–H and O–H groups in total. The predicted octanol–water partition coefficient (Wildman–Crippen LogP) is 0.838. The van der Waals surface area contributed by atoms with Crippen molar-refractivity contribution >= 4 is 5.78 Å². The summed E-state index contributed by atoms with van der Waals surface area (Å²) in [5, 5.41) is 0. The van der Waals surface area contributed by atoms with Crippen LogP contribution in [0.5, 0.6) is 0 Å². The van der Waals surface area contributed by atoms with Crippen molar-refractivity contribution in [1.29, 1.82) is 0 Å². The van der Waals surface area contributed by atoms with E-state index in [9.17, 15) is 0 Å². The summed E-state index contributed by atoms with van der Waals surface area (Å²) in [5.41, 5.74) is 0.979. The highest BCUT2D eigenvalue weighted by Crippen LogP contribution is 1.97. The third-order valence-corrected chi connectivity index (χ3v) is 1.30. The van der Waals surface area contributed by atoms with E-state index in [0.717, 1.165) is 11.5 Å². The van der Waals surface area contributed by atoms with Crippen LogP contribution in [0.25, 0.3) is 5.78 Å². The van der Waals surface area contributed by atoms with E-state index in [1.165, 1.54) is 0 Å². The van der Waals surface area contributed by atoms with Gasteiger partial charge >= 0.3 is 0 Å². The molecular formula is C7H6N3. The molecule has 2 rings (SSSR count). The van der Waals surface area contributed by atoms with Crippen LogP contribution in [0.2, 0.25) is 0 Å². The first-order chi connectivity index (χ1) is 4.86. The quantitative estimate of drug-likeness (QED) is 0.531. The van der Waals surface area contributed by atoms with Gasteiger partial charge in [-0.1, -0.05) is 0 Å². The van der Waals surface area contributed by atoms with Crippen LogP contribution in [-0.2, 0) is 0 Å². The van der Waals surface area contributed by atoms with Gasteiger partial charge in [0.2, 0.25) is 5.78 Å². The smallest absolute Gasteiger partial charge is 0.233 e. The number of rotatable bonds is 0. The summed E-state index contributed by atoms with van der Waals surface area (Å²) in [5.74, 6) is 0.733. The lowest BCUT2D eigenvalue weighted by molar-refractivity contribution is 1.10. The fourth-order valence-electron chi connectivity index (χ4n) is 0.903. The third kappa shape index (κ3) is 0.673. The Balaban J connectivity index is 2.88. The van der Waals surface area contributed by atoms with Gasteiger partial charge in [0.05, 0.1) is 5.69 Å². The standard InChI is InChI=1S/C7H6N3/c1-6-5-10-4-2-3-8-7(10)9-6/h3-5H,1H3. The van der Waals surface area contributed by atoms with E-state index in [4.69, 9.17) is 0 Å². The minimum Gasteiger partial charge on any atom is -0.290 e. The molecule has 3 nitrogen and oxygen atoms in total. The fraction of sp³-hybridized carbons (Fsp3) is 0.143. The summed E-state index contributed by atoms with van der Waals surface area (Å²) >= 11 is 0. The highest BCUT2D eigenvalue weighted by atomic mass is 15.1. The zero-order chi connectivity index (χ0) is 6.97. The molecule has 0 saturated heterocycles. The maximum Gasteiger partial charge on any atom is 0.233 e. The second-order valence-corrected chi connectivity index (χ2v) is 2.14. The van der Waals surface area contributed by atoms with Crippen LogP contribution in [0.15, 0.2) is 18.6 Å². The monoisotopic (exact) mass is 132 g/mol. The number of hydrogen-bond donors (Lipinski definition) is 0. The molecule has 2 heterocycles. The molecule has 0 fully saturated rings. The number of aryl methyl sites for hydroxylation is 1. The largest absolute Gasteiger partial charge is 0.290 e. The maximum atomic E-state index is 4.14. The Bertz CT molecular complexity index is 317. The van der Waals surface area contributed by atoms with Crippen molar-refractivity contribution in [2.24, 2.45) is 0 Å². The molecule has 0 bridgehead atoms. The van der Waals surface area contributed by atoms with Gasteiger partial charge in [-0.2, -0.15) is 0 Å². The van der Waals surface area contributed by atoms with E-state index < -0.39 is 0 Å². The molecule has 0 saturated carbocycles. The molecule has 0 spiro atoms. The Morgan fingerprint density at radius 2 is 2.50 bits per heavy atom. The SMILES string of the molecule is Cc1cn2c[c]cnc2n1. The fourth-order valence-corrected chi connectivity index (χ4v) is 0.903. The molecule has 0 aliphatic carbocycles. The molecule has 3 heteroatoms. The normalized spacial score (nSPS) is 10.5. The van der Waals surface area contributed by atoms with Crippen LogP contribution in [0.1, 0.15) is 5.69 Å². The van der Waals surface area contributed by atoms with Gasteiger partial charge in [-0.3, -0.25) is 4.40 Å². The van der Waals surface area contributed by atoms with E-state index in [1.807, 2.05) is 23.7 Å². The number of aromatic nitrogens is 3. The van der Waals surface area contributed by atoms with Crippen molar-refractivity contribution in [2.75, 3.05) is 0 Å². The number of hydrogen-bond acceptors (Lipinski definition) is 2. The Labute approximate surface area is 58.4 Å². The van der Waals surface area contributed by atoms with Crippen molar-refractivity contribution in [1.82, 2.24) is 14.4 Å². The lowest BCUT2D eigenvalue weighted by atomic mass is 10.6. The molecule has 0 atom stereocenters. The van der Waals surface area contributed by atoms with Crippen LogP contribution < -0.4 is 0 Å². The first kappa shape index (κ1) is 5.41. The van der Waals surface area contributed by atoms with Crippen molar-refractivity contribution < 1.29 is 0 Å². The van der Waals surface area contributed by atoms with Gasteiger partial charge in [0.25, 0.3) is 0 Å². The van der Waals surface area contributed by atoms with Gasteiger partial charge in [-0.15, -0.1) is 0 Å². The van der Waals surface area contributed by atoms with E-state index >= 15 is 0 Å². The Hall–Kier alpha value is -1.38. The van der Waals surface area contributed by atoms with Crippen LogP contribution in [-0.4, -0.2) is 14.4 Å². The van der Waals surface area contributed by atoms with Crippen molar-refractivity contribution in [2.45, 2.75) is 6.92 Å². The Kier molecular flexibility index (Phi) is 0.974. The Morgan fingerprint density at radius 1 is 1.60 bits per heavy atom. The molecular weight excluding hydrogens is 126 g/mol. The minimum atomic E-state index is 0.733. The summed E-state index contributed by atoms with van der Waals surface area (Å²) in [6.45, 7) is 1.94. The highest BCUT2D eigenvalue weighted by Gasteiger charge is 1.93. The molecule has 49 valence electrons. The summed E-state index contributed by atoms with van der Waals surface area (Å²) < 4.78 is 1.84. The van der Waals surface area contributed by atoms with E-state index in [1.54, 1.807) is 6.20 Å². The molecule has 0 aromatic carbocycles. The lowest BCUT2D eigenvalue weighted by Crippen LogP contribution is -1.83. The molecule has 2 aromatic heterocycles. The van der Waals surface area contributed by atoms with Gasteiger partial charge in [0.15, 0.2) is 0 Å². The molecule has 10 heavy (non-hydrogen) atoms. The second kappa shape index (κ2) is 1.80. The topological polar surface area (TPSA) is 30.2 Å². The van der Waals surface area contributed by atoms with Gasteiger partial charge in [0.1, 0.15) is 0 Å². The van der Waals surface area contributed by atoms with Crippen molar-refractivity contribution in [3.8, 4) is 0 Å². The molecule has 0 aliphatic heterocycles. The zero-order valence-electron chi connectivity index (χ0n) is 5.57. The Morgan fingerprint density at radius 3 is 3.30 bits per heavy atom. The number of nitrogens with zero attached hydrogens (tertiary/aromatic N) is 3. The summed E-state index contributed by atoms with van der Waals surface area (Å²) in [6, 6.07) is 2.86. The number of fused-ring (bicyclic) bond motifs is 1. The molecule has 0 unspecified atom stereocenters. The maximum absolute atomic E-state index is 4.14. The van der Waals surface area contributed by atoms with Crippen LogP contribution in [0.4, 0.5) is 0 Å². The van der Waals surface area contributed by atoms with Crippen LogP contribution in [0, 0.1) is 13.0 Å². The second-order valence-electron chi connectivity index (χ2n) is 2.14. The first-order valence-electron chi connectivity index (χ1n) is 3.04. The predicted molar refractivity (Wildman–Crippen MR) is 36.6 cm³/mol. The van der Waals surface area contributed by atoms with E-state index in [0.29, 0.717) is 0 Å². The average Bonchev–Trinajstić information content (AvgIpc) is 2.27. The molecule has 0 aliphatic rings. The van der Waals surface area contributed by atoms with Gasteiger partial charge < -0.3 is 0 Å². The summed E-state index contributed by atoms with van der Waals surface area (Å²) in [6.07, 6.45) is 5.34. The molecule has 1 radical (unpaired) electrons. The highest BCUT2D eigenvalue weighted by molar-refractivity contribution is 5.28. The summed E-state index contributed by atoms with van der Waals surface area (Å²) in [4.78, 5) is 8.14. The van der Waals surface area contributed by atoms with Gasteiger partial charge in [-0.25, -0.2) is 9.97 Å². The van der Waals surface area contributed by atoms with Crippen LogP contribution >= 0.6 is 0 Å². The summed E-state index contributed by atoms with van der Waals surface area (Å²) in [7, 11) is 0. The van der Waals surface area contributed by atoms with Crippen LogP contribution in [0.3, 0.4) is 0 Å².